The van der Waals surface area contributed by atoms with E-state index in [4.69, 9.17) is 9.97 Å². The Hall–Kier alpha value is -2.16. The quantitative estimate of drug-likeness (QED) is 0.441. The molecule has 146 valence electrons. The molecule has 0 aliphatic heterocycles. The Morgan fingerprint density at radius 2 is 2.11 bits per heavy atom. The summed E-state index contributed by atoms with van der Waals surface area (Å²) in [5, 5.41) is 7.72. The van der Waals surface area contributed by atoms with Crippen LogP contribution in [0.3, 0.4) is 0 Å². The highest BCUT2D eigenvalue weighted by Crippen LogP contribution is 2.35. The molecule has 6 nitrogen and oxygen atoms in total. The van der Waals surface area contributed by atoms with Gasteiger partial charge in [0, 0.05) is 38.0 Å². The molecule has 1 aromatic carbocycles. The van der Waals surface area contributed by atoms with Crippen LogP contribution < -0.4 is 10.6 Å². The van der Waals surface area contributed by atoms with E-state index in [2.05, 4.69) is 53.1 Å². The molecule has 0 amide bonds. The van der Waals surface area contributed by atoms with Gasteiger partial charge in [-0.15, -0.1) is 0 Å². The van der Waals surface area contributed by atoms with Gasteiger partial charge in [-0.2, -0.15) is 11.8 Å². The van der Waals surface area contributed by atoms with Crippen LogP contribution in [0.5, 0.6) is 0 Å². The lowest BCUT2D eigenvalue weighted by Gasteiger charge is -2.14. The molecule has 0 fully saturated rings. The minimum Gasteiger partial charge on any atom is -0.371 e. The molecule has 4 aromatic rings. The average molecular weight is 413 g/mol. The van der Waals surface area contributed by atoms with Gasteiger partial charge in [0.2, 0.25) is 0 Å². The molecule has 28 heavy (non-hydrogen) atoms. The molecular formula is C20H24N6S2. The first kappa shape index (κ1) is 19.2. The second kappa shape index (κ2) is 8.06. The number of rotatable bonds is 7. The number of nitrogens with zero attached hydrogens (tertiary/aromatic N) is 4. The van der Waals surface area contributed by atoms with E-state index in [1.165, 1.54) is 5.56 Å². The van der Waals surface area contributed by atoms with Gasteiger partial charge in [0.15, 0.2) is 5.82 Å². The summed E-state index contributed by atoms with van der Waals surface area (Å²) in [5.41, 5.74) is 5.17. The summed E-state index contributed by atoms with van der Waals surface area (Å²) in [4.78, 5) is 15.1. The molecular weight excluding hydrogens is 388 g/mol. The number of hydrogen-bond donors (Lipinski definition) is 2. The zero-order valence-corrected chi connectivity index (χ0v) is 18.1. The van der Waals surface area contributed by atoms with Crippen LogP contribution in [0.4, 0.5) is 5.82 Å². The number of imidazole rings is 1. The first-order valence-corrected chi connectivity index (χ1v) is 11.5. The number of benzene rings is 1. The summed E-state index contributed by atoms with van der Waals surface area (Å²) >= 11 is 3.48. The number of aryl methyl sites for hydroxylation is 1. The zero-order chi connectivity index (χ0) is 19.7. The maximum absolute atomic E-state index is 4.94. The number of aromatic nitrogens is 4. The first-order chi connectivity index (χ1) is 13.6. The largest absolute Gasteiger partial charge is 0.371 e. The van der Waals surface area contributed by atoms with E-state index in [0.29, 0.717) is 6.04 Å². The van der Waals surface area contributed by atoms with E-state index in [9.17, 15) is 0 Å². The molecule has 0 aliphatic carbocycles. The summed E-state index contributed by atoms with van der Waals surface area (Å²) in [7, 11) is 3.87. The van der Waals surface area contributed by atoms with Crippen molar-refractivity contribution in [1.29, 1.82) is 0 Å². The van der Waals surface area contributed by atoms with Crippen molar-refractivity contribution in [3.8, 4) is 10.6 Å². The molecule has 8 heteroatoms. The Morgan fingerprint density at radius 3 is 2.89 bits per heavy atom. The molecule has 0 spiro atoms. The van der Waals surface area contributed by atoms with Gasteiger partial charge in [-0.3, -0.25) is 0 Å². The normalized spacial score (nSPS) is 12.7. The van der Waals surface area contributed by atoms with Gasteiger partial charge in [-0.25, -0.2) is 15.0 Å². The summed E-state index contributed by atoms with van der Waals surface area (Å²) in [5.74, 6) is 1.90. The number of fused-ring (bicyclic) bond motifs is 3. The van der Waals surface area contributed by atoms with Crippen molar-refractivity contribution in [2.45, 2.75) is 13.0 Å². The van der Waals surface area contributed by atoms with Crippen LogP contribution in [0.1, 0.15) is 18.5 Å². The predicted octanol–water partition coefficient (Wildman–Crippen LogP) is 4.30. The first-order valence-electron chi connectivity index (χ1n) is 9.24. The molecule has 1 atom stereocenters. The Bertz CT molecular complexity index is 1120. The van der Waals surface area contributed by atoms with Gasteiger partial charge < -0.3 is 15.2 Å². The van der Waals surface area contributed by atoms with Crippen LogP contribution in [0, 0.1) is 0 Å². The van der Waals surface area contributed by atoms with E-state index >= 15 is 0 Å². The molecule has 0 bridgehead atoms. The lowest BCUT2D eigenvalue weighted by Crippen LogP contribution is -2.21. The van der Waals surface area contributed by atoms with Crippen LogP contribution in [-0.2, 0) is 7.05 Å². The van der Waals surface area contributed by atoms with E-state index in [0.717, 1.165) is 50.1 Å². The Morgan fingerprint density at radius 1 is 1.25 bits per heavy atom. The molecule has 3 heterocycles. The maximum Gasteiger partial charge on any atom is 0.155 e. The number of hydrogen-bond acceptors (Lipinski definition) is 7. The van der Waals surface area contributed by atoms with Gasteiger partial charge in [-0.1, -0.05) is 29.5 Å². The Kier molecular flexibility index (Phi) is 5.52. The van der Waals surface area contributed by atoms with Crippen LogP contribution in [0.25, 0.3) is 32.0 Å². The number of nitrogens with one attached hydrogen (secondary N) is 2. The summed E-state index contributed by atoms with van der Waals surface area (Å²) < 4.78 is 2.01. The van der Waals surface area contributed by atoms with Crippen molar-refractivity contribution in [3.05, 3.63) is 36.2 Å². The summed E-state index contributed by atoms with van der Waals surface area (Å²) in [6.07, 6.45) is 3.95. The highest BCUT2D eigenvalue weighted by atomic mass is 32.2. The average Bonchev–Trinajstić information content (AvgIpc) is 3.31. The third kappa shape index (κ3) is 3.47. The van der Waals surface area contributed by atoms with E-state index in [-0.39, 0.29) is 0 Å². The lowest BCUT2D eigenvalue weighted by molar-refractivity contribution is 0.601. The zero-order valence-electron chi connectivity index (χ0n) is 16.5. The molecule has 0 radical (unpaired) electrons. The van der Waals surface area contributed by atoms with Crippen molar-refractivity contribution in [2.24, 2.45) is 7.05 Å². The number of pyridine rings is 1. The fourth-order valence-electron chi connectivity index (χ4n) is 3.31. The molecule has 4 rings (SSSR count). The van der Waals surface area contributed by atoms with Gasteiger partial charge in [0.1, 0.15) is 26.4 Å². The highest BCUT2D eigenvalue weighted by molar-refractivity contribution is 7.98. The van der Waals surface area contributed by atoms with Crippen LogP contribution in [-0.4, -0.2) is 45.1 Å². The van der Waals surface area contributed by atoms with Gasteiger partial charge in [0.25, 0.3) is 0 Å². The highest BCUT2D eigenvalue weighted by Gasteiger charge is 2.17. The topological polar surface area (TPSA) is 67.7 Å². The van der Waals surface area contributed by atoms with E-state index in [1.807, 2.05) is 36.8 Å². The fourth-order valence-corrected chi connectivity index (χ4v) is 4.58. The van der Waals surface area contributed by atoms with Crippen LogP contribution in [0.2, 0.25) is 0 Å². The maximum atomic E-state index is 4.94. The third-order valence-electron chi connectivity index (χ3n) is 4.84. The van der Waals surface area contributed by atoms with Crippen molar-refractivity contribution in [3.63, 3.8) is 0 Å². The van der Waals surface area contributed by atoms with Crippen molar-refractivity contribution >= 4 is 50.3 Å². The Labute approximate surface area is 172 Å². The molecule has 0 saturated heterocycles. The van der Waals surface area contributed by atoms with E-state index < -0.39 is 0 Å². The summed E-state index contributed by atoms with van der Waals surface area (Å²) in [6.45, 7) is 3.21. The minimum atomic E-state index is 0.305. The second-order valence-corrected chi connectivity index (χ2v) is 8.69. The van der Waals surface area contributed by atoms with Gasteiger partial charge in [0.05, 0.1) is 6.33 Å². The van der Waals surface area contributed by atoms with Crippen molar-refractivity contribution < 1.29 is 0 Å². The number of thioether (sulfide) groups is 1. The number of anilines is 1. The molecule has 0 aliphatic rings. The molecule has 2 N–H and O–H groups in total. The Balaban J connectivity index is 1.75. The van der Waals surface area contributed by atoms with Crippen molar-refractivity contribution in [1.82, 2.24) is 24.8 Å². The lowest BCUT2D eigenvalue weighted by atomic mass is 10.1. The van der Waals surface area contributed by atoms with Crippen LogP contribution >= 0.6 is 23.1 Å². The molecule has 3 aromatic heterocycles. The standard InChI is InChI=1S/C20H24N6S2/c1-12(22-8-9-27-4)13-6-5-7-14(10-13)19-24-16-17-15(23-11-26(17)3)18(21-2)25-20(16)28-19/h5-7,10-12,22H,8-9H2,1-4H3,(H,21,25). The molecule has 1 unspecified atom stereocenters. The summed E-state index contributed by atoms with van der Waals surface area (Å²) in [6, 6.07) is 8.93. The number of thiazole rings is 1. The van der Waals surface area contributed by atoms with Gasteiger partial charge >= 0.3 is 0 Å². The SMILES string of the molecule is CNc1nc2sc(-c3cccc(C(C)NCCSC)c3)nc2c2c1ncn2C. The smallest absolute Gasteiger partial charge is 0.155 e. The monoisotopic (exact) mass is 412 g/mol. The third-order valence-corrected chi connectivity index (χ3v) is 6.45. The minimum absolute atomic E-state index is 0.305. The van der Waals surface area contributed by atoms with Crippen LogP contribution in [0.15, 0.2) is 30.6 Å². The van der Waals surface area contributed by atoms with E-state index in [1.54, 1.807) is 11.3 Å². The predicted molar refractivity (Wildman–Crippen MR) is 121 cm³/mol. The second-order valence-electron chi connectivity index (χ2n) is 6.73. The van der Waals surface area contributed by atoms with Gasteiger partial charge in [-0.05, 0) is 24.8 Å². The fraction of sp³-hybridized carbons (Fsp3) is 0.350. The molecule has 0 saturated carbocycles. The van der Waals surface area contributed by atoms with Crippen molar-refractivity contribution in [2.75, 3.05) is 30.9 Å².